The summed E-state index contributed by atoms with van der Waals surface area (Å²) < 4.78 is 32.8. The first-order chi connectivity index (χ1) is 13.6. The summed E-state index contributed by atoms with van der Waals surface area (Å²) in [5, 5.41) is 11.6. The molecule has 140 valence electrons. The van der Waals surface area contributed by atoms with Gasteiger partial charge in [0.05, 0.1) is 0 Å². The molecule has 0 unspecified atom stereocenters. The minimum absolute atomic E-state index is 0.314. The van der Waals surface area contributed by atoms with Gasteiger partial charge in [0.1, 0.15) is 17.7 Å². The van der Waals surface area contributed by atoms with E-state index in [0.29, 0.717) is 11.8 Å². The second-order valence-electron chi connectivity index (χ2n) is 6.40. The molecule has 0 aliphatic carbocycles. The van der Waals surface area contributed by atoms with Crippen molar-refractivity contribution in [2.45, 2.75) is 13.0 Å². The van der Waals surface area contributed by atoms with E-state index >= 15 is 0 Å². The van der Waals surface area contributed by atoms with Gasteiger partial charge < -0.3 is 9.73 Å². The number of halogens is 2. The highest BCUT2D eigenvalue weighted by Crippen LogP contribution is 2.30. The van der Waals surface area contributed by atoms with Gasteiger partial charge in [-0.3, -0.25) is 0 Å². The molecule has 28 heavy (non-hydrogen) atoms. The molecule has 0 bridgehead atoms. The zero-order valence-electron chi connectivity index (χ0n) is 15.1. The zero-order valence-corrected chi connectivity index (χ0v) is 15.1. The van der Waals surface area contributed by atoms with Gasteiger partial charge >= 0.3 is 0 Å². The summed E-state index contributed by atoms with van der Waals surface area (Å²) in [7, 11) is 0. The van der Waals surface area contributed by atoms with Crippen molar-refractivity contribution in [1.29, 1.82) is 0 Å². The molecule has 0 amide bonds. The third kappa shape index (κ3) is 3.76. The van der Waals surface area contributed by atoms with Crippen LogP contribution < -0.4 is 5.32 Å². The Morgan fingerprint density at radius 2 is 1.57 bits per heavy atom. The smallest absolute Gasteiger partial charge is 0.247 e. The maximum absolute atomic E-state index is 13.5. The van der Waals surface area contributed by atoms with Crippen molar-refractivity contribution in [2.24, 2.45) is 0 Å². The van der Waals surface area contributed by atoms with E-state index in [0.717, 1.165) is 22.4 Å². The summed E-state index contributed by atoms with van der Waals surface area (Å²) in [6.07, 6.45) is 0. The highest BCUT2D eigenvalue weighted by molar-refractivity contribution is 5.55. The average molecular weight is 377 g/mol. The summed E-state index contributed by atoms with van der Waals surface area (Å²) in [5.41, 5.74) is 3.00. The zero-order chi connectivity index (χ0) is 19.5. The average Bonchev–Trinajstić information content (AvgIpc) is 3.19. The number of nitrogens with zero attached hydrogens (tertiary/aromatic N) is 2. The van der Waals surface area contributed by atoms with E-state index in [9.17, 15) is 8.78 Å². The quantitative estimate of drug-likeness (QED) is 0.497. The van der Waals surface area contributed by atoms with Gasteiger partial charge in [0.2, 0.25) is 11.8 Å². The van der Waals surface area contributed by atoms with Crippen LogP contribution in [0.15, 0.2) is 77.2 Å². The minimum atomic E-state index is -0.519. The van der Waals surface area contributed by atoms with Gasteiger partial charge in [0, 0.05) is 11.3 Å². The highest BCUT2D eigenvalue weighted by atomic mass is 19.1. The van der Waals surface area contributed by atoms with E-state index in [2.05, 4.69) is 15.5 Å². The summed E-state index contributed by atoms with van der Waals surface area (Å²) in [4.78, 5) is 0. The van der Waals surface area contributed by atoms with Gasteiger partial charge in [-0.25, -0.2) is 8.78 Å². The third-order valence-corrected chi connectivity index (χ3v) is 4.40. The number of rotatable bonds is 5. The molecule has 4 aromatic rings. The van der Waals surface area contributed by atoms with E-state index in [1.165, 1.54) is 24.3 Å². The Morgan fingerprint density at radius 3 is 2.29 bits per heavy atom. The van der Waals surface area contributed by atoms with Crippen molar-refractivity contribution in [3.05, 3.63) is 101 Å². The number of anilines is 1. The Bertz CT molecular complexity index is 1080. The van der Waals surface area contributed by atoms with Gasteiger partial charge in [-0.15, -0.1) is 10.2 Å². The van der Waals surface area contributed by atoms with Crippen LogP contribution in [0, 0.1) is 18.6 Å². The topological polar surface area (TPSA) is 51.0 Å². The largest absolute Gasteiger partial charge is 0.418 e. The fraction of sp³-hybridized carbons (Fsp3) is 0.0909. The lowest BCUT2D eigenvalue weighted by molar-refractivity contribution is 0.493. The molecule has 0 saturated heterocycles. The maximum atomic E-state index is 13.5. The number of hydrogen-bond donors (Lipinski definition) is 1. The molecular weight excluding hydrogens is 360 g/mol. The molecule has 0 spiro atoms. The van der Waals surface area contributed by atoms with Crippen molar-refractivity contribution >= 4 is 5.69 Å². The predicted octanol–water partition coefficient (Wildman–Crippen LogP) is 5.52. The molecule has 1 heterocycles. The molecule has 1 atom stereocenters. The van der Waals surface area contributed by atoms with E-state index in [-0.39, 0.29) is 11.6 Å². The van der Waals surface area contributed by atoms with Crippen LogP contribution in [0.5, 0.6) is 0 Å². The molecule has 0 radical (unpaired) electrons. The van der Waals surface area contributed by atoms with Gasteiger partial charge in [-0.2, -0.15) is 0 Å². The van der Waals surface area contributed by atoms with E-state index < -0.39 is 6.04 Å². The fourth-order valence-corrected chi connectivity index (χ4v) is 2.94. The molecule has 4 rings (SSSR count). The molecule has 0 aliphatic rings. The second-order valence-corrected chi connectivity index (χ2v) is 6.40. The van der Waals surface area contributed by atoms with Gasteiger partial charge in [-0.05, 0) is 60.5 Å². The van der Waals surface area contributed by atoms with Crippen LogP contribution in [0.2, 0.25) is 0 Å². The molecule has 0 saturated carbocycles. The number of hydrogen-bond acceptors (Lipinski definition) is 4. The summed E-state index contributed by atoms with van der Waals surface area (Å²) in [6.45, 7) is 1.80. The number of aromatic nitrogens is 2. The Balaban J connectivity index is 1.73. The Hall–Kier alpha value is -3.54. The lowest BCUT2D eigenvalue weighted by Gasteiger charge is -2.18. The van der Waals surface area contributed by atoms with Crippen molar-refractivity contribution in [3.63, 3.8) is 0 Å². The molecule has 4 nitrogen and oxygen atoms in total. The summed E-state index contributed by atoms with van der Waals surface area (Å²) in [6, 6.07) is 19.4. The Morgan fingerprint density at radius 1 is 0.857 bits per heavy atom. The van der Waals surface area contributed by atoms with Crippen molar-refractivity contribution in [2.75, 3.05) is 5.32 Å². The van der Waals surface area contributed by atoms with Gasteiger partial charge in [-0.1, -0.05) is 30.3 Å². The first kappa shape index (κ1) is 17.9. The van der Waals surface area contributed by atoms with E-state index in [4.69, 9.17) is 4.42 Å². The Labute approximate surface area is 160 Å². The van der Waals surface area contributed by atoms with Gasteiger partial charge in [0.25, 0.3) is 0 Å². The standard InChI is InChI=1S/C22H17F2N3O/c1-14-13-18(24)11-12-19(14)25-20(15-7-9-17(23)10-8-15)22-27-26-21(28-22)16-5-3-2-4-6-16/h2-13,20,25H,1H3/t20-/m0/s1. The van der Waals surface area contributed by atoms with Crippen molar-refractivity contribution in [3.8, 4) is 11.5 Å². The van der Waals surface area contributed by atoms with Gasteiger partial charge in [0.15, 0.2) is 0 Å². The number of aryl methyl sites for hydroxylation is 1. The molecule has 1 N–H and O–H groups in total. The molecule has 1 aromatic heterocycles. The Kier molecular flexibility index (Phi) is 4.85. The molecule has 0 aliphatic heterocycles. The number of benzene rings is 3. The summed E-state index contributed by atoms with van der Waals surface area (Å²) >= 11 is 0. The van der Waals surface area contributed by atoms with Crippen LogP contribution in [-0.4, -0.2) is 10.2 Å². The third-order valence-electron chi connectivity index (χ3n) is 4.40. The lowest BCUT2D eigenvalue weighted by Crippen LogP contribution is -2.14. The lowest BCUT2D eigenvalue weighted by atomic mass is 10.1. The van der Waals surface area contributed by atoms with Crippen LogP contribution in [-0.2, 0) is 0 Å². The van der Waals surface area contributed by atoms with Crippen LogP contribution in [0.1, 0.15) is 23.1 Å². The van der Waals surface area contributed by atoms with E-state index in [1.54, 1.807) is 25.1 Å². The first-order valence-electron chi connectivity index (χ1n) is 8.77. The SMILES string of the molecule is Cc1cc(F)ccc1N[C@@H](c1ccc(F)cc1)c1nnc(-c2ccccc2)o1. The molecule has 6 heteroatoms. The normalized spacial score (nSPS) is 12.0. The molecule has 3 aromatic carbocycles. The van der Waals surface area contributed by atoms with Crippen LogP contribution in [0.3, 0.4) is 0 Å². The second kappa shape index (κ2) is 7.60. The summed E-state index contributed by atoms with van der Waals surface area (Å²) in [5.74, 6) is 0.0658. The predicted molar refractivity (Wildman–Crippen MR) is 103 cm³/mol. The monoisotopic (exact) mass is 377 g/mol. The molecule has 0 fully saturated rings. The highest BCUT2D eigenvalue weighted by Gasteiger charge is 2.22. The maximum Gasteiger partial charge on any atom is 0.247 e. The van der Waals surface area contributed by atoms with Crippen LogP contribution in [0.4, 0.5) is 14.5 Å². The molecular formula is C22H17F2N3O. The van der Waals surface area contributed by atoms with Crippen molar-refractivity contribution < 1.29 is 13.2 Å². The van der Waals surface area contributed by atoms with Crippen LogP contribution >= 0.6 is 0 Å². The fourth-order valence-electron chi connectivity index (χ4n) is 2.94. The van der Waals surface area contributed by atoms with E-state index in [1.807, 2.05) is 30.3 Å². The first-order valence-corrected chi connectivity index (χ1v) is 8.77. The number of nitrogens with one attached hydrogen (secondary N) is 1. The van der Waals surface area contributed by atoms with Crippen molar-refractivity contribution in [1.82, 2.24) is 10.2 Å². The van der Waals surface area contributed by atoms with Crippen LogP contribution in [0.25, 0.3) is 11.5 Å². The minimum Gasteiger partial charge on any atom is -0.418 e.